The minimum atomic E-state index is -0.623. The molecule has 8 nitrogen and oxygen atoms in total. The summed E-state index contributed by atoms with van der Waals surface area (Å²) in [6, 6.07) is 4.07. The van der Waals surface area contributed by atoms with Crippen LogP contribution in [0.3, 0.4) is 0 Å². The van der Waals surface area contributed by atoms with E-state index in [1.165, 1.54) is 18.2 Å². The van der Waals surface area contributed by atoms with Crippen LogP contribution in [0.5, 0.6) is 0 Å². The quantitative estimate of drug-likeness (QED) is 0.411. The molecule has 0 saturated carbocycles. The molecule has 0 amide bonds. The molecule has 0 radical (unpaired) electrons. The number of hydrogen-bond acceptors (Lipinski definition) is 7. The molecule has 1 fully saturated rings. The topological polar surface area (TPSA) is 108 Å². The number of carbonyl (C=O) groups is 2. The minimum Gasteiger partial charge on any atom is -0.462 e. The van der Waals surface area contributed by atoms with Crippen LogP contribution in [-0.4, -0.2) is 42.2 Å². The zero-order valence-corrected chi connectivity index (χ0v) is 16.7. The third-order valence-electron chi connectivity index (χ3n) is 5.02. The van der Waals surface area contributed by atoms with Crippen molar-refractivity contribution >= 4 is 17.6 Å². The van der Waals surface area contributed by atoms with Crippen LogP contribution in [0.25, 0.3) is 0 Å². The van der Waals surface area contributed by atoms with Gasteiger partial charge in [0.2, 0.25) is 0 Å². The summed E-state index contributed by atoms with van der Waals surface area (Å²) in [5, 5.41) is 14.4. The van der Waals surface area contributed by atoms with E-state index < -0.39 is 16.5 Å². The van der Waals surface area contributed by atoms with Gasteiger partial charge in [0.1, 0.15) is 5.60 Å². The molecule has 1 N–H and O–H groups in total. The van der Waals surface area contributed by atoms with E-state index >= 15 is 0 Å². The molecule has 0 spiro atoms. The van der Waals surface area contributed by atoms with Gasteiger partial charge < -0.3 is 14.8 Å². The molecule has 1 aromatic rings. The zero-order chi connectivity index (χ0) is 20.7. The summed E-state index contributed by atoms with van der Waals surface area (Å²) >= 11 is 0. The van der Waals surface area contributed by atoms with Crippen molar-refractivity contribution < 1.29 is 24.0 Å². The van der Waals surface area contributed by atoms with Gasteiger partial charge in [-0.05, 0) is 64.8 Å². The van der Waals surface area contributed by atoms with Crippen LogP contribution < -0.4 is 5.32 Å². The lowest BCUT2D eigenvalue weighted by atomic mass is 9.83. The van der Waals surface area contributed by atoms with Crippen molar-refractivity contribution in [2.75, 3.05) is 19.7 Å². The predicted octanol–water partition coefficient (Wildman–Crippen LogP) is 3.03. The molecule has 0 bridgehead atoms. The SMILES string of the molecule is CCOC(=O)c1cc(CCC(=O)OC(C)(C)C2CCNCC2)cc([N+](=O)[O-])c1. The van der Waals surface area contributed by atoms with Gasteiger partial charge in [0.05, 0.1) is 17.1 Å². The van der Waals surface area contributed by atoms with E-state index in [2.05, 4.69) is 5.32 Å². The van der Waals surface area contributed by atoms with Gasteiger partial charge in [0, 0.05) is 24.5 Å². The Morgan fingerprint density at radius 1 is 1.25 bits per heavy atom. The molecule has 8 heteroatoms. The van der Waals surface area contributed by atoms with Gasteiger partial charge in [0.15, 0.2) is 0 Å². The Bertz CT molecular complexity index is 725. The number of nitro groups is 1. The standard InChI is InChI=1S/C20H28N2O6/c1-4-27-19(24)15-11-14(12-17(13-15)22(25)26)5-6-18(23)28-20(2,3)16-7-9-21-10-8-16/h11-13,16,21H,4-10H2,1-3H3. The number of ether oxygens (including phenoxy) is 2. The van der Waals surface area contributed by atoms with Crippen LogP contribution in [-0.2, 0) is 20.7 Å². The number of esters is 2. The molecule has 1 aromatic carbocycles. The monoisotopic (exact) mass is 392 g/mol. The summed E-state index contributed by atoms with van der Waals surface area (Å²) in [6.07, 6.45) is 2.23. The molecule has 1 heterocycles. The van der Waals surface area contributed by atoms with Gasteiger partial charge in [-0.25, -0.2) is 4.79 Å². The number of carbonyl (C=O) groups excluding carboxylic acids is 2. The van der Waals surface area contributed by atoms with Gasteiger partial charge in [-0.2, -0.15) is 0 Å². The highest BCUT2D eigenvalue weighted by Crippen LogP contribution is 2.29. The lowest BCUT2D eigenvalue weighted by Gasteiger charge is -2.36. The second-order valence-corrected chi connectivity index (χ2v) is 7.47. The van der Waals surface area contributed by atoms with Crippen LogP contribution >= 0.6 is 0 Å². The van der Waals surface area contributed by atoms with E-state index in [-0.39, 0.29) is 36.7 Å². The van der Waals surface area contributed by atoms with Crippen LogP contribution in [0.1, 0.15) is 56.0 Å². The van der Waals surface area contributed by atoms with Crippen molar-refractivity contribution in [2.45, 2.75) is 52.1 Å². The second kappa shape index (κ2) is 9.64. The van der Waals surface area contributed by atoms with Gasteiger partial charge in [-0.1, -0.05) is 0 Å². The van der Waals surface area contributed by atoms with Crippen LogP contribution in [0.15, 0.2) is 18.2 Å². The zero-order valence-electron chi connectivity index (χ0n) is 16.7. The fraction of sp³-hybridized carbons (Fsp3) is 0.600. The van der Waals surface area contributed by atoms with E-state index in [1.54, 1.807) is 6.92 Å². The Hall–Kier alpha value is -2.48. The fourth-order valence-electron chi connectivity index (χ4n) is 3.45. The number of nitrogens with zero attached hydrogens (tertiary/aromatic N) is 1. The van der Waals surface area contributed by atoms with Gasteiger partial charge >= 0.3 is 11.9 Å². The van der Waals surface area contributed by atoms with Crippen molar-refractivity contribution in [1.82, 2.24) is 5.32 Å². The van der Waals surface area contributed by atoms with E-state index in [0.29, 0.717) is 11.5 Å². The smallest absolute Gasteiger partial charge is 0.338 e. The van der Waals surface area contributed by atoms with E-state index in [0.717, 1.165) is 25.9 Å². The molecule has 0 aromatic heterocycles. The Balaban J connectivity index is 2.03. The van der Waals surface area contributed by atoms with Crippen LogP contribution in [0, 0.1) is 16.0 Å². The van der Waals surface area contributed by atoms with Crippen molar-refractivity contribution in [2.24, 2.45) is 5.92 Å². The van der Waals surface area contributed by atoms with Gasteiger partial charge in [-0.15, -0.1) is 0 Å². The Labute approximate surface area is 164 Å². The summed E-state index contributed by atoms with van der Waals surface area (Å²) in [6.45, 7) is 7.51. The summed E-state index contributed by atoms with van der Waals surface area (Å²) in [7, 11) is 0. The first-order valence-corrected chi connectivity index (χ1v) is 9.61. The predicted molar refractivity (Wildman–Crippen MR) is 103 cm³/mol. The third kappa shape index (κ3) is 6.02. The van der Waals surface area contributed by atoms with Crippen molar-refractivity contribution in [3.8, 4) is 0 Å². The average Bonchev–Trinajstić information content (AvgIpc) is 2.66. The first-order valence-electron chi connectivity index (χ1n) is 9.61. The Morgan fingerprint density at radius 2 is 1.93 bits per heavy atom. The molecule has 154 valence electrons. The maximum Gasteiger partial charge on any atom is 0.338 e. The highest BCUT2D eigenvalue weighted by Gasteiger charge is 2.34. The van der Waals surface area contributed by atoms with Crippen molar-refractivity contribution in [1.29, 1.82) is 0 Å². The summed E-state index contributed by atoms with van der Waals surface area (Å²) in [5.74, 6) is -0.680. The fourth-order valence-corrected chi connectivity index (χ4v) is 3.45. The maximum absolute atomic E-state index is 12.4. The number of piperidine rings is 1. The molecule has 28 heavy (non-hydrogen) atoms. The third-order valence-corrected chi connectivity index (χ3v) is 5.02. The molecule has 0 atom stereocenters. The summed E-state index contributed by atoms with van der Waals surface area (Å²) in [5.41, 5.74) is -0.134. The number of nitrogens with one attached hydrogen (secondary N) is 1. The number of non-ortho nitro benzene ring substituents is 1. The highest BCUT2D eigenvalue weighted by atomic mass is 16.6. The van der Waals surface area contributed by atoms with E-state index in [4.69, 9.17) is 9.47 Å². The molecule has 2 rings (SSSR count). The normalized spacial score (nSPS) is 15.1. The molecule has 1 aliphatic heterocycles. The number of benzene rings is 1. The van der Waals surface area contributed by atoms with Crippen molar-refractivity contribution in [3.63, 3.8) is 0 Å². The molecule has 0 aliphatic carbocycles. The summed E-state index contributed by atoms with van der Waals surface area (Å²) < 4.78 is 10.6. The molecular weight excluding hydrogens is 364 g/mol. The lowest BCUT2D eigenvalue weighted by Crippen LogP contribution is -2.42. The largest absolute Gasteiger partial charge is 0.462 e. The first-order chi connectivity index (χ1) is 13.2. The molecule has 0 unspecified atom stereocenters. The second-order valence-electron chi connectivity index (χ2n) is 7.47. The Kier molecular flexibility index (Phi) is 7.51. The number of aryl methyl sites for hydroxylation is 1. The van der Waals surface area contributed by atoms with Crippen molar-refractivity contribution in [3.05, 3.63) is 39.4 Å². The van der Waals surface area contributed by atoms with Crippen LogP contribution in [0.4, 0.5) is 5.69 Å². The highest BCUT2D eigenvalue weighted by molar-refractivity contribution is 5.90. The number of hydrogen-bond donors (Lipinski definition) is 1. The average molecular weight is 392 g/mol. The van der Waals surface area contributed by atoms with Gasteiger partial charge in [0.25, 0.3) is 5.69 Å². The first kappa shape index (κ1) is 21.8. The maximum atomic E-state index is 12.4. The number of nitro benzene ring substituents is 1. The summed E-state index contributed by atoms with van der Waals surface area (Å²) in [4.78, 5) is 34.9. The van der Waals surface area contributed by atoms with Crippen LogP contribution in [0.2, 0.25) is 0 Å². The van der Waals surface area contributed by atoms with E-state index in [1.807, 2.05) is 13.8 Å². The lowest BCUT2D eigenvalue weighted by molar-refractivity contribution is -0.385. The number of rotatable bonds is 8. The molecular formula is C20H28N2O6. The van der Waals surface area contributed by atoms with Gasteiger partial charge in [-0.3, -0.25) is 14.9 Å². The minimum absolute atomic E-state index is 0.0812. The molecule has 1 aliphatic rings. The Morgan fingerprint density at radius 3 is 2.54 bits per heavy atom. The molecule has 1 saturated heterocycles. The van der Waals surface area contributed by atoms with E-state index in [9.17, 15) is 19.7 Å².